The van der Waals surface area contributed by atoms with Crippen LogP contribution in [0.25, 0.3) is 0 Å². The molecule has 4 rings (SSSR count). The van der Waals surface area contributed by atoms with Crippen LogP contribution in [0.3, 0.4) is 0 Å². The van der Waals surface area contributed by atoms with Crippen LogP contribution in [0.2, 0.25) is 0 Å². The van der Waals surface area contributed by atoms with Crippen LogP contribution in [-0.4, -0.2) is 43.9 Å². The second kappa shape index (κ2) is 14.0. The van der Waals surface area contributed by atoms with E-state index in [0.717, 1.165) is 16.7 Å². The molecular weight excluding hydrogens is 506 g/mol. The number of anilines is 1. The standard InChI is InChI=1S/C28H31N3O6S/c32-17-19-6-8-20(9-7-19)24-16-23(18-38-28-29-14-3-15-30-28)36-27(37-24)21-10-12-22(13-11-21)31-25(33)4-1-2-5-26(34)35/h3,6-15,23-24,27,32H,1-2,4-5,16-18H2,(H,31,33)(H,34,35). The number of carbonyl (C=O) groups is 2. The lowest BCUT2D eigenvalue weighted by Gasteiger charge is -2.36. The molecule has 1 fully saturated rings. The molecule has 0 spiro atoms. The third-order valence-electron chi connectivity index (χ3n) is 6.07. The second-order valence-electron chi connectivity index (χ2n) is 8.96. The van der Waals surface area contributed by atoms with Gasteiger partial charge in [-0.05, 0) is 42.2 Å². The second-order valence-corrected chi connectivity index (χ2v) is 9.95. The zero-order chi connectivity index (χ0) is 26.7. The number of nitrogens with zero attached hydrogens (tertiary/aromatic N) is 2. The van der Waals surface area contributed by atoms with Crippen molar-refractivity contribution in [1.29, 1.82) is 0 Å². The maximum Gasteiger partial charge on any atom is 0.303 e. The summed E-state index contributed by atoms with van der Waals surface area (Å²) in [6.07, 6.45) is 4.49. The Morgan fingerprint density at radius 3 is 2.32 bits per heavy atom. The van der Waals surface area contributed by atoms with E-state index in [-0.39, 0.29) is 37.6 Å². The number of benzene rings is 2. The summed E-state index contributed by atoms with van der Waals surface area (Å²) in [4.78, 5) is 31.4. The number of nitrogens with one attached hydrogen (secondary N) is 1. The molecule has 1 saturated heterocycles. The fourth-order valence-corrected chi connectivity index (χ4v) is 4.88. The van der Waals surface area contributed by atoms with Crippen LogP contribution in [-0.2, 0) is 25.7 Å². The van der Waals surface area contributed by atoms with E-state index in [0.29, 0.717) is 35.9 Å². The van der Waals surface area contributed by atoms with Crippen molar-refractivity contribution in [2.75, 3.05) is 11.1 Å². The maximum absolute atomic E-state index is 12.2. The van der Waals surface area contributed by atoms with Crippen molar-refractivity contribution in [1.82, 2.24) is 9.97 Å². The molecule has 0 saturated carbocycles. The number of carbonyl (C=O) groups excluding carboxylic acids is 1. The predicted molar refractivity (Wildman–Crippen MR) is 142 cm³/mol. The van der Waals surface area contributed by atoms with Gasteiger partial charge in [0.05, 0.1) is 18.8 Å². The molecule has 0 aliphatic carbocycles. The Bertz CT molecular complexity index is 1180. The monoisotopic (exact) mass is 537 g/mol. The molecule has 200 valence electrons. The van der Waals surface area contributed by atoms with Gasteiger partial charge in [0.25, 0.3) is 0 Å². The van der Waals surface area contributed by atoms with E-state index in [1.54, 1.807) is 30.6 Å². The van der Waals surface area contributed by atoms with E-state index in [1.165, 1.54) is 11.8 Å². The number of ether oxygens (including phenoxy) is 2. The smallest absolute Gasteiger partial charge is 0.303 e. The molecule has 2 heterocycles. The van der Waals surface area contributed by atoms with Crippen molar-refractivity contribution >= 4 is 29.3 Å². The lowest BCUT2D eigenvalue weighted by molar-refractivity contribution is -0.245. The zero-order valence-corrected chi connectivity index (χ0v) is 21.7. The van der Waals surface area contributed by atoms with E-state index < -0.39 is 12.3 Å². The maximum atomic E-state index is 12.2. The van der Waals surface area contributed by atoms with Gasteiger partial charge in [-0.25, -0.2) is 9.97 Å². The van der Waals surface area contributed by atoms with Crippen molar-refractivity contribution < 1.29 is 29.3 Å². The highest BCUT2D eigenvalue weighted by atomic mass is 32.2. The molecule has 3 unspecified atom stereocenters. The average Bonchev–Trinajstić information content (AvgIpc) is 2.95. The van der Waals surface area contributed by atoms with Crippen molar-refractivity contribution in [3.8, 4) is 0 Å². The van der Waals surface area contributed by atoms with Gasteiger partial charge < -0.3 is 25.0 Å². The van der Waals surface area contributed by atoms with Crippen molar-refractivity contribution in [3.63, 3.8) is 0 Å². The minimum absolute atomic E-state index is 0.0148. The molecule has 2 aromatic carbocycles. The first kappa shape index (κ1) is 27.7. The van der Waals surface area contributed by atoms with Gasteiger partial charge in [-0.2, -0.15) is 0 Å². The number of carboxylic acids is 1. The number of aliphatic hydroxyl groups excluding tert-OH is 1. The van der Waals surface area contributed by atoms with Crippen LogP contribution >= 0.6 is 11.8 Å². The summed E-state index contributed by atoms with van der Waals surface area (Å²) in [5.74, 6) is -0.350. The summed E-state index contributed by atoms with van der Waals surface area (Å²) < 4.78 is 12.7. The van der Waals surface area contributed by atoms with Crippen LogP contribution in [0.4, 0.5) is 5.69 Å². The molecule has 1 aliphatic heterocycles. The Morgan fingerprint density at radius 1 is 0.947 bits per heavy atom. The average molecular weight is 538 g/mol. The Kier molecular flexibility index (Phi) is 10.2. The summed E-state index contributed by atoms with van der Waals surface area (Å²) in [6, 6.07) is 16.8. The summed E-state index contributed by atoms with van der Waals surface area (Å²) in [6.45, 7) is -0.0148. The Morgan fingerprint density at radius 2 is 1.63 bits per heavy atom. The summed E-state index contributed by atoms with van der Waals surface area (Å²) in [5.41, 5.74) is 3.32. The molecule has 1 aromatic heterocycles. The molecular formula is C28H31N3O6S. The van der Waals surface area contributed by atoms with E-state index >= 15 is 0 Å². The Balaban J connectivity index is 1.41. The first-order valence-electron chi connectivity index (χ1n) is 12.5. The van der Waals surface area contributed by atoms with Gasteiger partial charge in [0.1, 0.15) is 0 Å². The van der Waals surface area contributed by atoms with E-state index in [2.05, 4.69) is 15.3 Å². The predicted octanol–water partition coefficient (Wildman–Crippen LogP) is 4.89. The number of aliphatic carboxylic acids is 1. The third kappa shape index (κ3) is 8.35. The SMILES string of the molecule is O=C(O)CCCCC(=O)Nc1ccc(C2OC(CSc3ncccn3)CC(c3ccc(CO)cc3)O2)cc1. The molecule has 3 aromatic rings. The molecule has 1 amide bonds. The van der Waals surface area contributed by atoms with Gasteiger partial charge in [-0.1, -0.05) is 48.2 Å². The largest absolute Gasteiger partial charge is 0.481 e. The zero-order valence-electron chi connectivity index (χ0n) is 20.9. The number of thioether (sulfide) groups is 1. The normalized spacial score (nSPS) is 19.1. The highest BCUT2D eigenvalue weighted by Crippen LogP contribution is 2.39. The van der Waals surface area contributed by atoms with Crippen LogP contribution < -0.4 is 5.32 Å². The number of hydrogen-bond donors (Lipinski definition) is 3. The van der Waals surface area contributed by atoms with Crippen LogP contribution in [0, 0.1) is 0 Å². The fraction of sp³-hybridized carbons (Fsp3) is 0.357. The number of aliphatic hydroxyl groups is 1. The molecule has 0 bridgehead atoms. The fourth-order valence-electron chi connectivity index (χ4n) is 4.06. The van der Waals surface area contributed by atoms with E-state index in [1.807, 2.05) is 36.4 Å². The van der Waals surface area contributed by atoms with Gasteiger partial charge in [0.2, 0.25) is 5.91 Å². The van der Waals surface area contributed by atoms with Gasteiger partial charge in [-0.3, -0.25) is 9.59 Å². The van der Waals surface area contributed by atoms with Crippen LogP contribution in [0.1, 0.15) is 61.2 Å². The molecule has 3 atom stereocenters. The molecule has 0 radical (unpaired) electrons. The van der Waals surface area contributed by atoms with Crippen LogP contribution in [0.5, 0.6) is 0 Å². The van der Waals surface area contributed by atoms with Crippen LogP contribution in [0.15, 0.2) is 72.1 Å². The molecule has 3 N–H and O–H groups in total. The minimum atomic E-state index is -0.855. The lowest BCUT2D eigenvalue weighted by atomic mass is 10.0. The van der Waals surface area contributed by atoms with Crippen molar-refractivity contribution in [3.05, 3.63) is 83.7 Å². The minimum Gasteiger partial charge on any atom is -0.481 e. The summed E-state index contributed by atoms with van der Waals surface area (Å²) in [5, 5.41) is 21.6. The highest BCUT2D eigenvalue weighted by Gasteiger charge is 2.32. The van der Waals surface area contributed by atoms with Gasteiger partial charge in [-0.15, -0.1) is 0 Å². The lowest BCUT2D eigenvalue weighted by Crippen LogP contribution is -2.31. The summed E-state index contributed by atoms with van der Waals surface area (Å²) >= 11 is 1.53. The van der Waals surface area contributed by atoms with E-state index in [4.69, 9.17) is 14.6 Å². The molecule has 9 nitrogen and oxygen atoms in total. The van der Waals surface area contributed by atoms with Crippen molar-refractivity contribution in [2.24, 2.45) is 0 Å². The number of carboxylic acid groups (broad SMARTS) is 1. The van der Waals surface area contributed by atoms with Gasteiger partial charge in [0.15, 0.2) is 11.4 Å². The number of amides is 1. The molecule has 10 heteroatoms. The number of aromatic nitrogens is 2. The Labute approximate surface area is 225 Å². The van der Waals surface area contributed by atoms with Gasteiger partial charge >= 0.3 is 5.97 Å². The summed E-state index contributed by atoms with van der Waals surface area (Å²) in [7, 11) is 0. The first-order valence-corrected chi connectivity index (χ1v) is 13.5. The quantitative estimate of drug-likeness (QED) is 0.168. The van der Waals surface area contributed by atoms with E-state index in [9.17, 15) is 14.7 Å². The number of rotatable bonds is 12. The van der Waals surface area contributed by atoms with Crippen molar-refractivity contribution in [2.45, 2.75) is 62.4 Å². The number of unbranched alkanes of at least 4 members (excludes halogenated alkanes) is 1. The topological polar surface area (TPSA) is 131 Å². The molecule has 1 aliphatic rings. The highest BCUT2D eigenvalue weighted by molar-refractivity contribution is 7.99. The molecule has 38 heavy (non-hydrogen) atoms. The Hall–Kier alpha value is -3.31. The first-order chi connectivity index (χ1) is 18.5. The van der Waals surface area contributed by atoms with Gasteiger partial charge in [0, 0.05) is 48.7 Å². The number of hydrogen-bond acceptors (Lipinski definition) is 8. The third-order valence-corrected chi connectivity index (χ3v) is 7.07.